The van der Waals surface area contributed by atoms with Crippen LogP contribution in [0.15, 0.2) is 24.3 Å². The van der Waals surface area contributed by atoms with Crippen molar-refractivity contribution in [1.82, 2.24) is 0 Å². The number of hydrogen-bond donors (Lipinski definition) is 0. The van der Waals surface area contributed by atoms with E-state index in [1.54, 1.807) is 6.07 Å². The Morgan fingerprint density at radius 1 is 1.19 bits per heavy atom. The Labute approximate surface area is 93.2 Å². The molecule has 0 aliphatic rings. The molecule has 0 aliphatic carbocycles. The Bertz CT molecular complexity index is 320. The van der Waals surface area contributed by atoms with Crippen molar-refractivity contribution in [2.75, 3.05) is 6.61 Å². The lowest BCUT2D eigenvalue weighted by molar-refractivity contribution is -0.136. The van der Waals surface area contributed by atoms with Crippen LogP contribution in [-0.4, -0.2) is 12.8 Å². The molecule has 0 radical (unpaired) electrons. The second-order valence-corrected chi connectivity index (χ2v) is 3.53. The van der Waals surface area contributed by atoms with Gasteiger partial charge in [-0.2, -0.15) is 13.2 Å². The number of para-hydroxylation sites is 1. The molecule has 1 rings (SSSR count). The van der Waals surface area contributed by atoms with Gasteiger partial charge in [0.05, 0.1) is 6.61 Å². The molecule has 1 aromatic rings. The Kier molecular flexibility index (Phi) is 4.65. The van der Waals surface area contributed by atoms with E-state index in [1.807, 2.05) is 25.1 Å². The average molecular weight is 232 g/mol. The fourth-order valence-corrected chi connectivity index (χ4v) is 1.39. The molecule has 0 aromatic heterocycles. The van der Waals surface area contributed by atoms with Crippen molar-refractivity contribution in [3.63, 3.8) is 0 Å². The number of rotatable bonds is 5. The Morgan fingerprint density at radius 3 is 2.50 bits per heavy atom. The van der Waals surface area contributed by atoms with E-state index in [0.717, 1.165) is 12.0 Å². The van der Waals surface area contributed by atoms with Crippen LogP contribution < -0.4 is 4.74 Å². The molecule has 0 saturated carbocycles. The first-order valence-electron chi connectivity index (χ1n) is 5.30. The predicted octanol–water partition coefficient (Wildman–Crippen LogP) is 3.97. The van der Waals surface area contributed by atoms with E-state index in [2.05, 4.69) is 0 Å². The summed E-state index contributed by atoms with van der Waals surface area (Å²) in [5, 5.41) is 0. The quantitative estimate of drug-likeness (QED) is 0.698. The van der Waals surface area contributed by atoms with Gasteiger partial charge < -0.3 is 4.74 Å². The standard InChI is InChI=1S/C12H15F3O/c1-2-10-6-3-4-7-11(10)16-9-5-8-12(13,14)15/h3-4,6-7H,2,5,8-9H2,1H3. The Balaban J connectivity index is 2.37. The van der Waals surface area contributed by atoms with E-state index in [-0.39, 0.29) is 13.0 Å². The van der Waals surface area contributed by atoms with Crippen molar-refractivity contribution in [2.45, 2.75) is 32.4 Å². The van der Waals surface area contributed by atoms with E-state index in [9.17, 15) is 13.2 Å². The van der Waals surface area contributed by atoms with Gasteiger partial charge in [0.1, 0.15) is 5.75 Å². The van der Waals surface area contributed by atoms with Crippen LogP contribution in [0, 0.1) is 0 Å². The summed E-state index contributed by atoms with van der Waals surface area (Å²) in [6.45, 7) is 2.09. The molecular formula is C12H15F3O. The van der Waals surface area contributed by atoms with Gasteiger partial charge in [0.25, 0.3) is 0 Å². The molecule has 0 N–H and O–H groups in total. The second-order valence-electron chi connectivity index (χ2n) is 3.53. The lowest BCUT2D eigenvalue weighted by Crippen LogP contribution is -2.10. The average Bonchev–Trinajstić information content (AvgIpc) is 2.23. The van der Waals surface area contributed by atoms with Crippen LogP contribution in [0.1, 0.15) is 25.3 Å². The molecule has 0 amide bonds. The summed E-state index contributed by atoms with van der Waals surface area (Å²) in [7, 11) is 0. The van der Waals surface area contributed by atoms with Gasteiger partial charge in [0.2, 0.25) is 0 Å². The summed E-state index contributed by atoms with van der Waals surface area (Å²) < 4.78 is 40.9. The van der Waals surface area contributed by atoms with Gasteiger partial charge in [-0.25, -0.2) is 0 Å². The third kappa shape index (κ3) is 4.55. The lowest BCUT2D eigenvalue weighted by atomic mass is 10.1. The molecular weight excluding hydrogens is 217 g/mol. The molecule has 1 nitrogen and oxygen atoms in total. The normalized spacial score (nSPS) is 11.5. The molecule has 0 fully saturated rings. The van der Waals surface area contributed by atoms with Crippen LogP contribution in [0.3, 0.4) is 0 Å². The van der Waals surface area contributed by atoms with Crippen molar-refractivity contribution in [3.8, 4) is 5.75 Å². The molecule has 0 heterocycles. The van der Waals surface area contributed by atoms with E-state index in [1.165, 1.54) is 0 Å². The SMILES string of the molecule is CCc1ccccc1OCCCC(F)(F)F. The third-order valence-electron chi connectivity index (χ3n) is 2.22. The van der Waals surface area contributed by atoms with Crippen LogP contribution in [0.5, 0.6) is 5.75 Å². The number of benzene rings is 1. The molecule has 16 heavy (non-hydrogen) atoms. The van der Waals surface area contributed by atoms with Crippen molar-refractivity contribution in [1.29, 1.82) is 0 Å². The minimum atomic E-state index is -4.09. The largest absolute Gasteiger partial charge is 0.493 e. The van der Waals surface area contributed by atoms with Gasteiger partial charge in [0.15, 0.2) is 0 Å². The van der Waals surface area contributed by atoms with Gasteiger partial charge in [-0.15, -0.1) is 0 Å². The van der Waals surface area contributed by atoms with E-state index < -0.39 is 12.6 Å². The topological polar surface area (TPSA) is 9.23 Å². The lowest BCUT2D eigenvalue weighted by Gasteiger charge is -2.10. The van der Waals surface area contributed by atoms with Crippen molar-refractivity contribution < 1.29 is 17.9 Å². The summed E-state index contributed by atoms with van der Waals surface area (Å²) in [6, 6.07) is 7.41. The summed E-state index contributed by atoms with van der Waals surface area (Å²) >= 11 is 0. The summed E-state index contributed by atoms with van der Waals surface area (Å²) in [4.78, 5) is 0. The fraction of sp³-hybridized carbons (Fsp3) is 0.500. The van der Waals surface area contributed by atoms with E-state index in [0.29, 0.717) is 5.75 Å². The minimum Gasteiger partial charge on any atom is -0.493 e. The van der Waals surface area contributed by atoms with Gasteiger partial charge >= 0.3 is 6.18 Å². The van der Waals surface area contributed by atoms with Gasteiger partial charge in [-0.1, -0.05) is 25.1 Å². The maximum Gasteiger partial charge on any atom is 0.389 e. The zero-order valence-electron chi connectivity index (χ0n) is 9.18. The van der Waals surface area contributed by atoms with Crippen molar-refractivity contribution in [3.05, 3.63) is 29.8 Å². The predicted molar refractivity (Wildman–Crippen MR) is 56.6 cm³/mol. The van der Waals surface area contributed by atoms with Crippen LogP contribution in [-0.2, 0) is 6.42 Å². The van der Waals surface area contributed by atoms with Crippen LogP contribution >= 0.6 is 0 Å². The number of aryl methyl sites for hydroxylation is 1. The highest BCUT2D eigenvalue weighted by molar-refractivity contribution is 5.33. The second kappa shape index (κ2) is 5.77. The summed E-state index contributed by atoms with van der Waals surface area (Å²) in [6.07, 6.45) is -4.06. The van der Waals surface area contributed by atoms with E-state index in [4.69, 9.17) is 4.74 Å². The monoisotopic (exact) mass is 232 g/mol. The maximum absolute atomic E-state index is 11.9. The first kappa shape index (κ1) is 12.9. The summed E-state index contributed by atoms with van der Waals surface area (Å²) in [5.74, 6) is 0.687. The first-order chi connectivity index (χ1) is 7.53. The van der Waals surface area contributed by atoms with Crippen molar-refractivity contribution in [2.24, 2.45) is 0 Å². The zero-order valence-corrected chi connectivity index (χ0v) is 9.18. The molecule has 0 bridgehead atoms. The van der Waals surface area contributed by atoms with Gasteiger partial charge in [-0.3, -0.25) is 0 Å². The smallest absolute Gasteiger partial charge is 0.389 e. The Morgan fingerprint density at radius 2 is 1.88 bits per heavy atom. The number of ether oxygens (including phenoxy) is 1. The van der Waals surface area contributed by atoms with E-state index >= 15 is 0 Å². The molecule has 1 aromatic carbocycles. The zero-order chi connectivity index (χ0) is 12.0. The summed E-state index contributed by atoms with van der Waals surface area (Å²) in [5.41, 5.74) is 1.02. The highest BCUT2D eigenvalue weighted by Crippen LogP contribution is 2.22. The number of alkyl halides is 3. The molecule has 0 aliphatic heterocycles. The van der Waals surface area contributed by atoms with Crippen LogP contribution in [0.25, 0.3) is 0 Å². The third-order valence-corrected chi connectivity index (χ3v) is 2.22. The molecule has 0 spiro atoms. The van der Waals surface area contributed by atoms with Crippen LogP contribution in [0.4, 0.5) is 13.2 Å². The molecule has 0 unspecified atom stereocenters. The highest BCUT2D eigenvalue weighted by Gasteiger charge is 2.26. The fourth-order valence-electron chi connectivity index (χ4n) is 1.39. The molecule has 4 heteroatoms. The Hall–Kier alpha value is -1.19. The molecule has 0 atom stereocenters. The first-order valence-corrected chi connectivity index (χ1v) is 5.30. The minimum absolute atomic E-state index is 0.00154. The number of halogens is 3. The van der Waals surface area contributed by atoms with Crippen molar-refractivity contribution >= 4 is 0 Å². The molecule has 0 saturated heterocycles. The van der Waals surface area contributed by atoms with Gasteiger partial charge in [-0.05, 0) is 24.5 Å². The van der Waals surface area contributed by atoms with Crippen LogP contribution in [0.2, 0.25) is 0 Å². The van der Waals surface area contributed by atoms with Gasteiger partial charge in [0, 0.05) is 6.42 Å². The molecule has 90 valence electrons. The highest BCUT2D eigenvalue weighted by atomic mass is 19.4. The number of hydrogen-bond acceptors (Lipinski definition) is 1. The maximum atomic E-state index is 11.9.